The van der Waals surface area contributed by atoms with Gasteiger partial charge in [-0.1, -0.05) is 0 Å². The van der Waals surface area contributed by atoms with Crippen LogP contribution in [0.4, 0.5) is 8.78 Å². The summed E-state index contributed by atoms with van der Waals surface area (Å²) in [6.45, 7) is 8.07. The highest BCUT2D eigenvalue weighted by molar-refractivity contribution is 5.01. The van der Waals surface area contributed by atoms with Crippen LogP contribution in [0.5, 0.6) is 0 Å². The Kier molecular flexibility index (Phi) is 3.47. The van der Waals surface area contributed by atoms with Crippen LogP contribution in [0.25, 0.3) is 0 Å². The fraction of sp³-hybridized carbons (Fsp3) is 1.00. The lowest BCUT2D eigenvalue weighted by Gasteiger charge is -2.54. The summed E-state index contributed by atoms with van der Waals surface area (Å²) in [5.41, 5.74) is -0.169. The van der Waals surface area contributed by atoms with E-state index in [0.717, 1.165) is 19.7 Å². The second-order valence-corrected chi connectivity index (χ2v) is 5.16. The SMILES string of the molecule is CC(C)N1CCOC2(CN(CC(F)F)C2)C1. The summed E-state index contributed by atoms with van der Waals surface area (Å²) in [5, 5.41) is 0. The number of hydrogen-bond donors (Lipinski definition) is 0. The van der Waals surface area contributed by atoms with Gasteiger partial charge in [-0.05, 0) is 13.8 Å². The maximum atomic E-state index is 12.2. The lowest BCUT2D eigenvalue weighted by molar-refractivity contribution is -0.193. The number of hydrogen-bond acceptors (Lipinski definition) is 3. The number of morpholine rings is 1. The van der Waals surface area contributed by atoms with Crippen molar-refractivity contribution in [2.24, 2.45) is 0 Å². The van der Waals surface area contributed by atoms with Gasteiger partial charge in [-0.15, -0.1) is 0 Å². The van der Waals surface area contributed by atoms with E-state index < -0.39 is 6.43 Å². The molecule has 0 aliphatic carbocycles. The van der Waals surface area contributed by atoms with E-state index in [-0.39, 0.29) is 12.1 Å². The van der Waals surface area contributed by atoms with Crippen molar-refractivity contribution in [3.63, 3.8) is 0 Å². The van der Waals surface area contributed by atoms with Gasteiger partial charge in [-0.25, -0.2) is 8.78 Å². The number of alkyl halides is 2. The van der Waals surface area contributed by atoms with E-state index in [1.807, 2.05) is 0 Å². The molecule has 0 radical (unpaired) electrons. The van der Waals surface area contributed by atoms with Crippen LogP contribution in [-0.4, -0.2) is 67.2 Å². The average Bonchev–Trinajstić information content (AvgIpc) is 2.15. The Hall–Kier alpha value is -0.260. The molecular weight excluding hydrogens is 214 g/mol. The lowest BCUT2D eigenvalue weighted by Crippen LogP contribution is -2.71. The molecule has 0 aromatic carbocycles. The summed E-state index contributed by atoms with van der Waals surface area (Å²) < 4.78 is 30.1. The Morgan fingerprint density at radius 3 is 2.50 bits per heavy atom. The second kappa shape index (κ2) is 4.55. The van der Waals surface area contributed by atoms with Crippen LogP contribution in [0.15, 0.2) is 0 Å². The molecule has 0 saturated carbocycles. The van der Waals surface area contributed by atoms with Gasteiger partial charge in [0.1, 0.15) is 5.60 Å². The van der Waals surface area contributed by atoms with E-state index in [1.165, 1.54) is 0 Å². The van der Waals surface area contributed by atoms with Crippen LogP contribution in [-0.2, 0) is 4.74 Å². The number of ether oxygens (including phenoxy) is 1. The van der Waals surface area contributed by atoms with Crippen molar-refractivity contribution in [2.45, 2.75) is 31.9 Å². The van der Waals surface area contributed by atoms with Crippen LogP contribution < -0.4 is 0 Å². The van der Waals surface area contributed by atoms with Crippen LogP contribution in [0.2, 0.25) is 0 Å². The molecule has 94 valence electrons. The minimum atomic E-state index is -2.23. The number of nitrogens with zero attached hydrogens (tertiary/aromatic N) is 2. The fourth-order valence-corrected chi connectivity index (χ4v) is 2.60. The third-order valence-electron chi connectivity index (χ3n) is 3.43. The van der Waals surface area contributed by atoms with Gasteiger partial charge in [0.05, 0.1) is 13.2 Å². The third-order valence-corrected chi connectivity index (χ3v) is 3.43. The lowest BCUT2D eigenvalue weighted by atomic mass is 9.91. The predicted molar refractivity (Wildman–Crippen MR) is 57.8 cm³/mol. The van der Waals surface area contributed by atoms with Gasteiger partial charge in [0.15, 0.2) is 0 Å². The van der Waals surface area contributed by atoms with E-state index in [4.69, 9.17) is 4.74 Å². The Morgan fingerprint density at radius 2 is 1.94 bits per heavy atom. The summed E-state index contributed by atoms with van der Waals surface area (Å²) in [7, 11) is 0. The summed E-state index contributed by atoms with van der Waals surface area (Å²) in [4.78, 5) is 4.14. The summed E-state index contributed by atoms with van der Waals surface area (Å²) >= 11 is 0. The number of halogens is 2. The van der Waals surface area contributed by atoms with Gasteiger partial charge in [0, 0.05) is 32.2 Å². The Morgan fingerprint density at radius 1 is 1.25 bits per heavy atom. The summed E-state index contributed by atoms with van der Waals surface area (Å²) in [6, 6.07) is 0.505. The minimum absolute atomic E-state index is 0.118. The monoisotopic (exact) mass is 234 g/mol. The van der Waals surface area contributed by atoms with Crippen LogP contribution in [0.3, 0.4) is 0 Å². The smallest absolute Gasteiger partial charge is 0.251 e. The molecule has 2 saturated heterocycles. The molecular formula is C11H20F2N2O. The minimum Gasteiger partial charge on any atom is -0.370 e. The van der Waals surface area contributed by atoms with Crippen molar-refractivity contribution >= 4 is 0 Å². The Balaban J connectivity index is 1.82. The van der Waals surface area contributed by atoms with Gasteiger partial charge in [-0.3, -0.25) is 9.80 Å². The molecule has 1 spiro atoms. The molecule has 0 atom stereocenters. The van der Waals surface area contributed by atoms with Crippen molar-refractivity contribution < 1.29 is 13.5 Å². The highest BCUT2D eigenvalue weighted by Crippen LogP contribution is 2.30. The van der Waals surface area contributed by atoms with Crippen molar-refractivity contribution in [3.05, 3.63) is 0 Å². The van der Waals surface area contributed by atoms with Crippen LogP contribution >= 0.6 is 0 Å². The summed E-state index contributed by atoms with van der Waals surface area (Å²) in [5.74, 6) is 0. The van der Waals surface area contributed by atoms with Crippen LogP contribution in [0.1, 0.15) is 13.8 Å². The first-order valence-corrected chi connectivity index (χ1v) is 5.89. The molecule has 0 aromatic rings. The van der Waals surface area contributed by atoms with Gasteiger partial charge < -0.3 is 4.74 Å². The van der Waals surface area contributed by atoms with Crippen molar-refractivity contribution in [2.75, 3.05) is 39.3 Å². The molecule has 2 heterocycles. The quantitative estimate of drug-likeness (QED) is 0.726. The molecule has 0 N–H and O–H groups in total. The molecule has 2 aliphatic heterocycles. The zero-order chi connectivity index (χ0) is 11.8. The van der Waals surface area contributed by atoms with Gasteiger partial charge in [0.2, 0.25) is 0 Å². The average molecular weight is 234 g/mol. The van der Waals surface area contributed by atoms with Gasteiger partial charge >= 0.3 is 0 Å². The normalized spacial score (nSPS) is 26.6. The molecule has 2 rings (SSSR count). The Bertz CT molecular complexity index is 242. The van der Waals surface area contributed by atoms with E-state index in [9.17, 15) is 8.78 Å². The van der Waals surface area contributed by atoms with E-state index in [0.29, 0.717) is 19.1 Å². The van der Waals surface area contributed by atoms with Gasteiger partial charge in [-0.2, -0.15) is 0 Å². The zero-order valence-corrected chi connectivity index (χ0v) is 9.96. The Labute approximate surface area is 95.3 Å². The third kappa shape index (κ3) is 2.52. The zero-order valence-electron chi connectivity index (χ0n) is 9.96. The molecule has 5 heteroatoms. The van der Waals surface area contributed by atoms with Crippen LogP contribution in [0, 0.1) is 0 Å². The maximum absolute atomic E-state index is 12.2. The standard InChI is InChI=1S/C11H20F2N2O/c1-9(2)15-3-4-16-11(8-15)6-14(7-11)5-10(12)13/h9-10H,3-8H2,1-2H3. The van der Waals surface area contributed by atoms with E-state index in [2.05, 4.69) is 18.7 Å². The molecule has 2 fully saturated rings. The van der Waals surface area contributed by atoms with Crippen molar-refractivity contribution in [1.82, 2.24) is 9.80 Å². The first-order valence-electron chi connectivity index (χ1n) is 5.89. The largest absolute Gasteiger partial charge is 0.370 e. The predicted octanol–water partition coefficient (Wildman–Crippen LogP) is 1.05. The maximum Gasteiger partial charge on any atom is 0.251 e. The van der Waals surface area contributed by atoms with Crippen molar-refractivity contribution in [1.29, 1.82) is 0 Å². The fourth-order valence-electron chi connectivity index (χ4n) is 2.60. The summed E-state index contributed by atoms with van der Waals surface area (Å²) in [6.07, 6.45) is -2.23. The van der Waals surface area contributed by atoms with Crippen molar-refractivity contribution in [3.8, 4) is 0 Å². The molecule has 2 aliphatic rings. The second-order valence-electron chi connectivity index (χ2n) is 5.16. The number of rotatable bonds is 3. The molecule has 0 amide bonds. The first-order chi connectivity index (χ1) is 7.51. The molecule has 16 heavy (non-hydrogen) atoms. The van der Waals surface area contributed by atoms with E-state index >= 15 is 0 Å². The molecule has 0 bridgehead atoms. The first kappa shape index (κ1) is 12.2. The molecule has 0 aromatic heterocycles. The molecule has 0 unspecified atom stereocenters. The van der Waals surface area contributed by atoms with E-state index in [1.54, 1.807) is 4.90 Å². The highest BCUT2D eigenvalue weighted by atomic mass is 19.3. The molecule has 3 nitrogen and oxygen atoms in total. The highest BCUT2D eigenvalue weighted by Gasteiger charge is 2.47. The number of likely N-dealkylation sites (tertiary alicyclic amines) is 1. The topological polar surface area (TPSA) is 15.7 Å². The van der Waals surface area contributed by atoms with Gasteiger partial charge in [0.25, 0.3) is 6.43 Å².